The van der Waals surface area contributed by atoms with Crippen LogP contribution in [0.25, 0.3) is 5.65 Å². The molecule has 0 aliphatic rings. The van der Waals surface area contributed by atoms with E-state index in [-0.39, 0.29) is 12.1 Å². The molecule has 1 atom stereocenters. The molecule has 1 amide bonds. The second-order valence-corrected chi connectivity index (χ2v) is 5.06. The van der Waals surface area contributed by atoms with Crippen molar-refractivity contribution in [2.24, 2.45) is 0 Å². The van der Waals surface area contributed by atoms with Gasteiger partial charge in [-0.15, -0.1) is 0 Å². The molecule has 0 aromatic carbocycles. The van der Waals surface area contributed by atoms with Gasteiger partial charge in [0.15, 0.2) is 0 Å². The molecular formula is C15H19N3O3. The van der Waals surface area contributed by atoms with Gasteiger partial charge in [0.2, 0.25) is 0 Å². The van der Waals surface area contributed by atoms with Crippen molar-refractivity contribution in [1.82, 2.24) is 14.7 Å². The molecule has 6 nitrogen and oxygen atoms in total. The summed E-state index contributed by atoms with van der Waals surface area (Å²) in [5.41, 5.74) is 0.962. The number of pyridine rings is 1. The van der Waals surface area contributed by atoms with Crippen molar-refractivity contribution in [3.05, 3.63) is 46.0 Å². The van der Waals surface area contributed by atoms with Crippen molar-refractivity contribution in [3.63, 3.8) is 0 Å². The van der Waals surface area contributed by atoms with Gasteiger partial charge in [0.05, 0.1) is 6.10 Å². The third-order valence-corrected chi connectivity index (χ3v) is 3.21. The molecule has 0 fully saturated rings. The topological polar surface area (TPSA) is 83.7 Å². The van der Waals surface area contributed by atoms with E-state index in [2.05, 4.69) is 10.3 Å². The molecule has 0 bridgehead atoms. The largest absolute Gasteiger partial charge is 0.391 e. The zero-order valence-corrected chi connectivity index (χ0v) is 12.2. The fourth-order valence-corrected chi connectivity index (χ4v) is 2.08. The van der Waals surface area contributed by atoms with Crippen LogP contribution in [0.1, 0.15) is 35.7 Å². The minimum Gasteiger partial charge on any atom is -0.391 e. The fraction of sp³-hybridized carbons (Fsp3) is 0.400. The number of carbonyl (C=O) groups is 1. The Balaban J connectivity index is 2.24. The van der Waals surface area contributed by atoms with Crippen LogP contribution in [0.4, 0.5) is 0 Å². The molecule has 2 aromatic heterocycles. The highest BCUT2D eigenvalue weighted by Gasteiger charge is 2.14. The summed E-state index contributed by atoms with van der Waals surface area (Å²) in [5.74, 6) is -0.515. The standard InChI is InChI=1S/C15H19N3O3/c1-3-4-11(19)7-17-14(20)12-8-16-13-6-5-10(2)9-18(13)15(12)21/h5-6,8-9,11,19H,3-4,7H2,1-2H3,(H,17,20). The van der Waals surface area contributed by atoms with Crippen molar-refractivity contribution in [2.75, 3.05) is 6.54 Å². The van der Waals surface area contributed by atoms with Gasteiger partial charge in [-0.25, -0.2) is 4.98 Å². The third kappa shape index (κ3) is 3.46. The zero-order chi connectivity index (χ0) is 15.4. The zero-order valence-electron chi connectivity index (χ0n) is 12.2. The minimum absolute atomic E-state index is 0.0261. The van der Waals surface area contributed by atoms with Crippen LogP contribution in [0.3, 0.4) is 0 Å². The number of fused-ring (bicyclic) bond motifs is 1. The minimum atomic E-state index is -0.600. The van der Waals surface area contributed by atoms with Crippen molar-refractivity contribution in [1.29, 1.82) is 0 Å². The molecule has 6 heteroatoms. The van der Waals surface area contributed by atoms with Crippen LogP contribution in [0, 0.1) is 6.92 Å². The molecule has 1 unspecified atom stereocenters. The Morgan fingerprint density at radius 1 is 1.48 bits per heavy atom. The van der Waals surface area contributed by atoms with Crippen molar-refractivity contribution >= 4 is 11.6 Å². The van der Waals surface area contributed by atoms with Crippen LogP contribution in [0.15, 0.2) is 29.3 Å². The summed E-state index contributed by atoms with van der Waals surface area (Å²) in [5, 5.41) is 12.2. The molecule has 0 spiro atoms. The molecule has 21 heavy (non-hydrogen) atoms. The van der Waals surface area contributed by atoms with Gasteiger partial charge in [-0.05, 0) is 25.0 Å². The Bertz CT molecular complexity index is 709. The second kappa shape index (κ2) is 6.49. The number of aryl methyl sites for hydroxylation is 1. The summed E-state index contributed by atoms with van der Waals surface area (Å²) in [7, 11) is 0. The number of aromatic nitrogens is 2. The smallest absolute Gasteiger partial charge is 0.270 e. The number of amides is 1. The SMILES string of the molecule is CCCC(O)CNC(=O)c1cnc2ccc(C)cn2c1=O. The highest BCUT2D eigenvalue weighted by molar-refractivity contribution is 5.93. The van der Waals surface area contributed by atoms with Crippen LogP contribution in [-0.2, 0) is 0 Å². The predicted molar refractivity (Wildman–Crippen MR) is 79.4 cm³/mol. The van der Waals surface area contributed by atoms with Crippen LogP contribution in [0.5, 0.6) is 0 Å². The van der Waals surface area contributed by atoms with E-state index in [4.69, 9.17) is 0 Å². The molecular weight excluding hydrogens is 270 g/mol. The number of carbonyl (C=O) groups excluding carboxylic acids is 1. The first-order valence-electron chi connectivity index (χ1n) is 6.97. The van der Waals surface area contributed by atoms with Crippen molar-refractivity contribution in [2.45, 2.75) is 32.8 Å². The van der Waals surface area contributed by atoms with Gasteiger partial charge in [0, 0.05) is 18.9 Å². The first-order valence-corrected chi connectivity index (χ1v) is 6.97. The Morgan fingerprint density at radius 2 is 2.24 bits per heavy atom. The number of hydrogen-bond acceptors (Lipinski definition) is 4. The number of nitrogens with zero attached hydrogens (tertiary/aromatic N) is 2. The third-order valence-electron chi connectivity index (χ3n) is 3.21. The molecule has 2 rings (SSSR count). The first-order chi connectivity index (χ1) is 10.0. The Kier molecular flexibility index (Phi) is 4.70. The van der Waals surface area contributed by atoms with E-state index >= 15 is 0 Å². The lowest BCUT2D eigenvalue weighted by atomic mass is 10.2. The quantitative estimate of drug-likeness (QED) is 0.856. The van der Waals surface area contributed by atoms with E-state index in [1.54, 1.807) is 12.3 Å². The second-order valence-electron chi connectivity index (χ2n) is 5.06. The van der Waals surface area contributed by atoms with Gasteiger partial charge in [0.1, 0.15) is 11.2 Å². The summed E-state index contributed by atoms with van der Waals surface area (Å²) in [4.78, 5) is 28.4. The molecule has 112 valence electrons. The average molecular weight is 289 g/mol. The normalized spacial score (nSPS) is 12.3. The van der Waals surface area contributed by atoms with E-state index in [1.165, 1.54) is 10.6 Å². The monoisotopic (exact) mass is 289 g/mol. The van der Waals surface area contributed by atoms with Gasteiger partial charge in [-0.2, -0.15) is 0 Å². The number of rotatable bonds is 5. The highest BCUT2D eigenvalue weighted by Crippen LogP contribution is 2.02. The number of aliphatic hydroxyl groups excluding tert-OH is 1. The molecule has 0 aliphatic carbocycles. The number of hydrogen-bond donors (Lipinski definition) is 2. The molecule has 2 heterocycles. The summed E-state index contributed by atoms with van der Waals surface area (Å²) in [6, 6.07) is 3.58. The molecule has 0 saturated heterocycles. The Morgan fingerprint density at radius 3 is 2.95 bits per heavy atom. The van der Waals surface area contributed by atoms with Gasteiger partial charge in [0.25, 0.3) is 11.5 Å². The molecule has 0 radical (unpaired) electrons. The van der Waals surface area contributed by atoms with Crippen LogP contribution >= 0.6 is 0 Å². The lowest BCUT2D eigenvalue weighted by Gasteiger charge is -2.10. The van der Waals surface area contributed by atoms with E-state index in [0.29, 0.717) is 12.1 Å². The summed E-state index contributed by atoms with van der Waals surface area (Å²) in [6.45, 7) is 3.94. The maximum absolute atomic E-state index is 12.3. The Hall–Kier alpha value is -2.21. The van der Waals surface area contributed by atoms with Crippen LogP contribution in [-0.4, -0.2) is 33.0 Å². The first kappa shape index (κ1) is 15.2. The predicted octanol–water partition coefficient (Wildman–Crippen LogP) is 0.894. The lowest BCUT2D eigenvalue weighted by Crippen LogP contribution is -2.36. The highest BCUT2D eigenvalue weighted by atomic mass is 16.3. The summed E-state index contributed by atoms with van der Waals surface area (Å²) < 4.78 is 1.35. The van der Waals surface area contributed by atoms with Crippen LogP contribution < -0.4 is 10.9 Å². The van der Waals surface area contributed by atoms with Gasteiger partial charge >= 0.3 is 0 Å². The number of aliphatic hydroxyl groups is 1. The lowest BCUT2D eigenvalue weighted by molar-refractivity contribution is 0.0908. The molecule has 2 N–H and O–H groups in total. The maximum atomic E-state index is 12.3. The van der Waals surface area contributed by atoms with Gasteiger partial charge < -0.3 is 10.4 Å². The molecule has 0 saturated carbocycles. The van der Waals surface area contributed by atoms with E-state index in [1.807, 2.05) is 19.9 Å². The van der Waals surface area contributed by atoms with E-state index in [9.17, 15) is 14.7 Å². The van der Waals surface area contributed by atoms with Gasteiger partial charge in [-0.1, -0.05) is 19.4 Å². The van der Waals surface area contributed by atoms with E-state index in [0.717, 1.165) is 12.0 Å². The van der Waals surface area contributed by atoms with Gasteiger partial charge in [-0.3, -0.25) is 14.0 Å². The van der Waals surface area contributed by atoms with Crippen molar-refractivity contribution in [3.8, 4) is 0 Å². The number of nitrogens with one attached hydrogen (secondary N) is 1. The average Bonchev–Trinajstić information content (AvgIpc) is 2.46. The fourth-order valence-electron chi connectivity index (χ4n) is 2.08. The Labute approximate surface area is 122 Å². The van der Waals surface area contributed by atoms with E-state index < -0.39 is 17.6 Å². The van der Waals surface area contributed by atoms with Crippen LogP contribution in [0.2, 0.25) is 0 Å². The van der Waals surface area contributed by atoms with Crippen molar-refractivity contribution < 1.29 is 9.90 Å². The molecule has 2 aromatic rings. The molecule has 0 aliphatic heterocycles. The summed E-state index contributed by atoms with van der Waals surface area (Å²) >= 11 is 0. The maximum Gasteiger partial charge on any atom is 0.270 e. The summed E-state index contributed by atoms with van der Waals surface area (Å²) in [6.07, 6.45) is 3.75.